The monoisotopic (exact) mass is 377 g/mol. The van der Waals surface area contributed by atoms with Crippen molar-refractivity contribution in [2.45, 2.75) is 25.4 Å². The number of nitrogens with zero attached hydrogens (tertiary/aromatic N) is 2. The number of piperazine rings is 1. The fourth-order valence-corrected chi connectivity index (χ4v) is 3.22. The molecule has 22 heavy (non-hydrogen) atoms. The SMILES string of the molecule is C[C](C)CN1CCN(c2ccc(C(F)(F)F)cc2CBr)CC1. The highest BCUT2D eigenvalue weighted by atomic mass is 79.9. The lowest BCUT2D eigenvalue weighted by Crippen LogP contribution is -2.47. The van der Waals surface area contributed by atoms with Crippen LogP contribution in [-0.4, -0.2) is 37.6 Å². The Morgan fingerprint density at radius 2 is 1.77 bits per heavy atom. The van der Waals surface area contributed by atoms with Gasteiger partial charge in [-0.05, 0) is 29.7 Å². The van der Waals surface area contributed by atoms with Crippen molar-refractivity contribution in [3.63, 3.8) is 0 Å². The third-order valence-electron chi connectivity index (χ3n) is 3.80. The molecule has 0 aliphatic carbocycles. The van der Waals surface area contributed by atoms with Gasteiger partial charge in [-0.3, -0.25) is 4.90 Å². The molecule has 2 nitrogen and oxygen atoms in total. The van der Waals surface area contributed by atoms with Crippen LogP contribution in [0.2, 0.25) is 0 Å². The molecule has 2 rings (SSSR count). The molecule has 1 aliphatic heterocycles. The molecule has 1 aromatic rings. The smallest absolute Gasteiger partial charge is 0.369 e. The van der Waals surface area contributed by atoms with E-state index in [1.165, 1.54) is 18.1 Å². The molecule has 0 unspecified atom stereocenters. The first kappa shape index (κ1) is 17.6. The van der Waals surface area contributed by atoms with Gasteiger partial charge in [-0.2, -0.15) is 13.2 Å². The van der Waals surface area contributed by atoms with Gasteiger partial charge in [0.15, 0.2) is 0 Å². The molecule has 6 heteroatoms. The first-order chi connectivity index (χ1) is 10.3. The van der Waals surface area contributed by atoms with Crippen molar-refractivity contribution < 1.29 is 13.2 Å². The van der Waals surface area contributed by atoms with E-state index >= 15 is 0 Å². The minimum absolute atomic E-state index is 0.425. The fraction of sp³-hybridized carbons (Fsp3) is 0.562. The zero-order chi connectivity index (χ0) is 16.3. The highest BCUT2D eigenvalue weighted by Crippen LogP contribution is 2.34. The Morgan fingerprint density at radius 1 is 1.14 bits per heavy atom. The molecular weight excluding hydrogens is 357 g/mol. The van der Waals surface area contributed by atoms with Crippen LogP contribution in [-0.2, 0) is 11.5 Å². The summed E-state index contributed by atoms with van der Waals surface area (Å²) in [6.07, 6.45) is -4.29. The van der Waals surface area contributed by atoms with Crippen LogP contribution < -0.4 is 4.90 Å². The number of hydrogen-bond acceptors (Lipinski definition) is 2. The third kappa shape index (κ3) is 4.38. The van der Waals surface area contributed by atoms with Crippen molar-refractivity contribution in [1.29, 1.82) is 0 Å². The Kier molecular flexibility index (Phi) is 5.77. The number of anilines is 1. The van der Waals surface area contributed by atoms with Crippen LogP contribution in [0.4, 0.5) is 18.9 Å². The molecule has 0 amide bonds. The van der Waals surface area contributed by atoms with Crippen LogP contribution in [0.25, 0.3) is 0 Å². The van der Waals surface area contributed by atoms with Crippen molar-refractivity contribution in [1.82, 2.24) is 4.90 Å². The quantitative estimate of drug-likeness (QED) is 0.720. The van der Waals surface area contributed by atoms with Crippen LogP contribution >= 0.6 is 15.9 Å². The second-order valence-corrected chi connectivity index (χ2v) is 6.51. The Hall–Kier alpha value is -0.750. The summed E-state index contributed by atoms with van der Waals surface area (Å²) in [5.41, 5.74) is 1.02. The Bertz CT molecular complexity index is 495. The molecule has 0 atom stereocenters. The molecule has 1 radical (unpaired) electrons. The maximum Gasteiger partial charge on any atom is 0.416 e. The lowest BCUT2D eigenvalue weighted by molar-refractivity contribution is -0.137. The van der Waals surface area contributed by atoms with Gasteiger partial charge in [0, 0.05) is 43.7 Å². The van der Waals surface area contributed by atoms with E-state index in [9.17, 15) is 13.2 Å². The molecule has 0 aromatic heterocycles. The van der Waals surface area contributed by atoms with Crippen LogP contribution in [0.5, 0.6) is 0 Å². The summed E-state index contributed by atoms with van der Waals surface area (Å²) in [7, 11) is 0. The molecule has 0 spiro atoms. The maximum atomic E-state index is 12.8. The summed E-state index contributed by atoms with van der Waals surface area (Å²) in [5.74, 6) is 1.38. The molecule has 0 bridgehead atoms. The number of benzene rings is 1. The van der Waals surface area contributed by atoms with Gasteiger partial charge in [-0.15, -0.1) is 0 Å². The van der Waals surface area contributed by atoms with Crippen molar-refractivity contribution in [3.8, 4) is 0 Å². The van der Waals surface area contributed by atoms with Gasteiger partial charge in [-0.25, -0.2) is 0 Å². The summed E-state index contributed by atoms with van der Waals surface area (Å²) in [6.45, 7) is 8.79. The molecule has 1 saturated heterocycles. The fourth-order valence-electron chi connectivity index (χ4n) is 2.77. The van der Waals surface area contributed by atoms with Gasteiger partial charge in [0.2, 0.25) is 0 Å². The Balaban J connectivity index is 2.10. The standard InChI is InChI=1S/C16H21BrF3N2/c1-12(2)11-21-5-7-22(8-6-21)15-4-3-14(16(18,19)20)9-13(15)10-17/h3-4,9H,5-8,10-11H2,1-2H3. The van der Waals surface area contributed by atoms with Gasteiger partial charge in [-0.1, -0.05) is 29.8 Å². The minimum atomic E-state index is -4.29. The van der Waals surface area contributed by atoms with Crippen LogP contribution in [0.1, 0.15) is 25.0 Å². The Labute approximate surface area is 138 Å². The lowest BCUT2D eigenvalue weighted by Gasteiger charge is -2.37. The summed E-state index contributed by atoms with van der Waals surface area (Å²) < 4.78 is 38.4. The van der Waals surface area contributed by atoms with E-state index in [0.29, 0.717) is 10.9 Å². The average Bonchev–Trinajstić information content (AvgIpc) is 2.46. The van der Waals surface area contributed by atoms with E-state index in [-0.39, 0.29) is 0 Å². The van der Waals surface area contributed by atoms with Crippen LogP contribution in [0.3, 0.4) is 0 Å². The van der Waals surface area contributed by atoms with Gasteiger partial charge in [0.1, 0.15) is 0 Å². The second kappa shape index (κ2) is 7.21. The largest absolute Gasteiger partial charge is 0.416 e. The van der Waals surface area contributed by atoms with Crippen LogP contribution in [0.15, 0.2) is 18.2 Å². The molecule has 1 aliphatic rings. The number of rotatable bonds is 4. The minimum Gasteiger partial charge on any atom is -0.369 e. The van der Waals surface area contributed by atoms with E-state index in [0.717, 1.165) is 38.4 Å². The highest BCUT2D eigenvalue weighted by Gasteiger charge is 2.31. The van der Waals surface area contributed by atoms with E-state index in [1.807, 2.05) is 0 Å². The molecular formula is C16H21BrF3N2. The molecule has 0 N–H and O–H groups in total. The zero-order valence-corrected chi connectivity index (χ0v) is 14.5. The highest BCUT2D eigenvalue weighted by molar-refractivity contribution is 9.08. The molecule has 1 fully saturated rings. The Morgan fingerprint density at radius 3 is 2.27 bits per heavy atom. The average molecular weight is 378 g/mol. The second-order valence-electron chi connectivity index (χ2n) is 5.95. The van der Waals surface area contributed by atoms with Crippen molar-refractivity contribution >= 4 is 21.6 Å². The molecule has 1 heterocycles. The first-order valence-electron chi connectivity index (χ1n) is 7.33. The number of halogens is 4. The van der Waals surface area contributed by atoms with Crippen molar-refractivity contribution in [3.05, 3.63) is 35.2 Å². The third-order valence-corrected chi connectivity index (χ3v) is 4.41. The van der Waals surface area contributed by atoms with Crippen molar-refractivity contribution in [2.75, 3.05) is 37.6 Å². The zero-order valence-electron chi connectivity index (χ0n) is 12.9. The van der Waals surface area contributed by atoms with E-state index in [4.69, 9.17) is 0 Å². The molecule has 123 valence electrons. The van der Waals surface area contributed by atoms with Crippen LogP contribution in [0, 0.1) is 5.92 Å². The predicted molar refractivity (Wildman–Crippen MR) is 87.3 cm³/mol. The van der Waals surface area contributed by atoms with Gasteiger partial charge in [0.25, 0.3) is 0 Å². The summed E-state index contributed by atoms with van der Waals surface area (Å²) in [5, 5.41) is 0.425. The molecule has 1 aromatic carbocycles. The number of alkyl halides is 4. The van der Waals surface area contributed by atoms with E-state index in [2.05, 4.69) is 39.6 Å². The summed E-state index contributed by atoms with van der Waals surface area (Å²) >= 11 is 3.31. The van der Waals surface area contributed by atoms with Gasteiger partial charge < -0.3 is 4.90 Å². The van der Waals surface area contributed by atoms with E-state index < -0.39 is 11.7 Å². The van der Waals surface area contributed by atoms with E-state index in [1.54, 1.807) is 6.07 Å². The summed E-state index contributed by atoms with van der Waals surface area (Å²) in [4.78, 5) is 4.56. The normalized spacial score (nSPS) is 17.3. The first-order valence-corrected chi connectivity index (χ1v) is 8.46. The van der Waals surface area contributed by atoms with Crippen molar-refractivity contribution in [2.24, 2.45) is 0 Å². The van der Waals surface area contributed by atoms with Gasteiger partial charge >= 0.3 is 6.18 Å². The predicted octanol–water partition coefficient (Wildman–Crippen LogP) is 4.34. The van der Waals surface area contributed by atoms with Gasteiger partial charge in [0.05, 0.1) is 5.56 Å². The maximum absolute atomic E-state index is 12.8. The lowest BCUT2D eigenvalue weighted by atomic mass is 10.1. The molecule has 0 saturated carbocycles. The topological polar surface area (TPSA) is 6.48 Å². The summed E-state index contributed by atoms with van der Waals surface area (Å²) in [6, 6.07) is 4.03. The number of hydrogen-bond donors (Lipinski definition) is 0.